The molecule has 124 valence electrons. The smallest absolute Gasteiger partial charge is 0.0557 e. The number of nitrogens with zero attached hydrogens (tertiary/aromatic N) is 3. The van der Waals surface area contributed by atoms with Gasteiger partial charge in [0.05, 0.1) is 6.54 Å². The lowest BCUT2D eigenvalue weighted by Gasteiger charge is -2.36. The summed E-state index contributed by atoms with van der Waals surface area (Å²) in [5.74, 6) is 0. The molecule has 1 heterocycles. The standard InChI is InChI=1S/C19H28N4/c1-16(21-3)18-15-22(4)12-10-19(18)23(13-11-20-2)14-17-8-6-5-7-9-17/h5-9,21H,1-2,10-15H2,3-4H3. The van der Waals surface area contributed by atoms with Crippen molar-refractivity contribution in [2.24, 2.45) is 4.99 Å². The monoisotopic (exact) mass is 312 g/mol. The predicted octanol–water partition coefficient (Wildman–Crippen LogP) is 2.51. The molecule has 1 aliphatic heterocycles. The Balaban J connectivity index is 2.30. The summed E-state index contributed by atoms with van der Waals surface area (Å²) >= 11 is 0. The van der Waals surface area contributed by atoms with E-state index in [-0.39, 0.29) is 0 Å². The topological polar surface area (TPSA) is 30.9 Å². The van der Waals surface area contributed by atoms with E-state index in [9.17, 15) is 0 Å². The highest BCUT2D eigenvalue weighted by Crippen LogP contribution is 2.25. The highest BCUT2D eigenvalue weighted by molar-refractivity contribution is 5.35. The van der Waals surface area contributed by atoms with Gasteiger partial charge in [0.1, 0.15) is 0 Å². The van der Waals surface area contributed by atoms with Gasteiger partial charge in [-0.25, -0.2) is 0 Å². The first kappa shape index (κ1) is 17.3. The number of nitrogens with one attached hydrogen (secondary N) is 1. The molecule has 1 aliphatic rings. The van der Waals surface area contributed by atoms with Crippen LogP contribution in [0.3, 0.4) is 0 Å². The van der Waals surface area contributed by atoms with E-state index in [2.05, 4.69) is 70.8 Å². The van der Waals surface area contributed by atoms with Gasteiger partial charge in [-0.2, -0.15) is 0 Å². The molecule has 2 rings (SSSR count). The molecule has 1 aromatic carbocycles. The molecule has 0 unspecified atom stereocenters. The molecule has 0 fully saturated rings. The minimum absolute atomic E-state index is 0.742. The average molecular weight is 312 g/mol. The lowest BCUT2D eigenvalue weighted by Crippen LogP contribution is -2.37. The van der Waals surface area contributed by atoms with Crippen LogP contribution in [-0.2, 0) is 6.54 Å². The van der Waals surface area contributed by atoms with Gasteiger partial charge in [0, 0.05) is 56.6 Å². The minimum Gasteiger partial charge on any atom is -0.388 e. The molecular formula is C19H28N4. The molecule has 1 N–H and O–H groups in total. The lowest BCUT2D eigenvalue weighted by molar-refractivity contribution is 0.274. The molecule has 0 saturated heterocycles. The summed E-state index contributed by atoms with van der Waals surface area (Å²) in [5, 5.41) is 3.22. The molecule has 0 saturated carbocycles. The zero-order chi connectivity index (χ0) is 16.7. The molecule has 0 aromatic heterocycles. The van der Waals surface area contributed by atoms with E-state index in [4.69, 9.17) is 0 Å². The van der Waals surface area contributed by atoms with Gasteiger partial charge >= 0.3 is 0 Å². The molecule has 0 spiro atoms. The quantitative estimate of drug-likeness (QED) is 0.748. The van der Waals surface area contributed by atoms with Crippen molar-refractivity contribution < 1.29 is 0 Å². The molecule has 0 atom stereocenters. The largest absolute Gasteiger partial charge is 0.388 e. The van der Waals surface area contributed by atoms with E-state index in [1.54, 1.807) is 0 Å². The molecule has 0 radical (unpaired) electrons. The number of hydrogen-bond acceptors (Lipinski definition) is 4. The number of hydrogen-bond donors (Lipinski definition) is 1. The fraction of sp³-hybridized carbons (Fsp3) is 0.421. The molecule has 4 nitrogen and oxygen atoms in total. The van der Waals surface area contributed by atoms with Crippen LogP contribution in [0, 0.1) is 0 Å². The fourth-order valence-corrected chi connectivity index (χ4v) is 2.96. The van der Waals surface area contributed by atoms with Crippen LogP contribution in [0.25, 0.3) is 0 Å². The highest BCUT2D eigenvalue weighted by atomic mass is 15.2. The van der Waals surface area contributed by atoms with Crippen LogP contribution >= 0.6 is 0 Å². The van der Waals surface area contributed by atoms with E-state index >= 15 is 0 Å². The summed E-state index contributed by atoms with van der Waals surface area (Å²) in [6.07, 6.45) is 1.04. The Kier molecular flexibility index (Phi) is 6.41. The number of rotatable bonds is 8. The van der Waals surface area contributed by atoms with Crippen molar-refractivity contribution in [1.29, 1.82) is 0 Å². The SMILES string of the molecule is C=NCCN(Cc1ccccc1)C1=C(C(=C)NC)CN(C)CC1. The number of aliphatic imine (C=N–C) groups is 1. The second kappa shape index (κ2) is 8.53. The van der Waals surface area contributed by atoms with Crippen molar-refractivity contribution in [3.05, 3.63) is 59.4 Å². The molecule has 0 aliphatic carbocycles. The number of likely N-dealkylation sites (N-methyl/N-ethyl adjacent to an activating group) is 2. The van der Waals surface area contributed by atoms with Gasteiger partial charge in [-0.3, -0.25) is 4.99 Å². The Morgan fingerprint density at radius 1 is 1.35 bits per heavy atom. The van der Waals surface area contributed by atoms with Crippen LogP contribution in [0.5, 0.6) is 0 Å². The first-order chi connectivity index (χ1) is 11.2. The zero-order valence-electron chi connectivity index (χ0n) is 14.4. The second-order valence-corrected chi connectivity index (χ2v) is 6.00. The van der Waals surface area contributed by atoms with Gasteiger partial charge in [0.25, 0.3) is 0 Å². The minimum atomic E-state index is 0.742. The third kappa shape index (κ3) is 4.70. The Hall–Kier alpha value is -2.07. The van der Waals surface area contributed by atoms with Crippen molar-refractivity contribution in [3.8, 4) is 0 Å². The molecule has 23 heavy (non-hydrogen) atoms. The maximum Gasteiger partial charge on any atom is 0.0557 e. The molecule has 0 amide bonds. The van der Waals surface area contributed by atoms with Crippen LogP contribution in [0.15, 0.2) is 58.9 Å². The van der Waals surface area contributed by atoms with Gasteiger partial charge in [-0.15, -0.1) is 0 Å². The molecular weight excluding hydrogens is 284 g/mol. The maximum absolute atomic E-state index is 4.19. The van der Waals surface area contributed by atoms with Gasteiger partial charge < -0.3 is 15.1 Å². The first-order valence-corrected chi connectivity index (χ1v) is 8.14. The van der Waals surface area contributed by atoms with Crippen molar-refractivity contribution in [2.45, 2.75) is 13.0 Å². The van der Waals surface area contributed by atoms with E-state index in [1.165, 1.54) is 16.8 Å². The molecule has 0 bridgehead atoms. The van der Waals surface area contributed by atoms with Crippen LogP contribution in [0.4, 0.5) is 0 Å². The van der Waals surface area contributed by atoms with Crippen LogP contribution in [0.1, 0.15) is 12.0 Å². The number of benzene rings is 1. The summed E-state index contributed by atoms with van der Waals surface area (Å²) in [6, 6.07) is 10.6. The maximum atomic E-state index is 4.19. The molecule has 1 aromatic rings. The second-order valence-electron chi connectivity index (χ2n) is 6.00. The summed E-state index contributed by atoms with van der Waals surface area (Å²) in [6.45, 7) is 12.4. The third-order valence-corrected chi connectivity index (χ3v) is 4.30. The summed E-state index contributed by atoms with van der Waals surface area (Å²) < 4.78 is 0. The summed E-state index contributed by atoms with van der Waals surface area (Å²) in [4.78, 5) is 8.83. The van der Waals surface area contributed by atoms with E-state index in [1.807, 2.05) is 7.05 Å². The molecule has 4 heteroatoms. The lowest BCUT2D eigenvalue weighted by atomic mass is 10.0. The van der Waals surface area contributed by atoms with Crippen molar-refractivity contribution in [1.82, 2.24) is 15.1 Å². The average Bonchev–Trinajstić information content (AvgIpc) is 2.59. The van der Waals surface area contributed by atoms with Crippen LogP contribution < -0.4 is 5.32 Å². The van der Waals surface area contributed by atoms with Crippen LogP contribution in [-0.4, -0.2) is 56.8 Å². The fourth-order valence-electron chi connectivity index (χ4n) is 2.96. The Morgan fingerprint density at radius 2 is 2.09 bits per heavy atom. The predicted molar refractivity (Wildman–Crippen MR) is 98.6 cm³/mol. The van der Waals surface area contributed by atoms with Gasteiger partial charge in [0.15, 0.2) is 0 Å². The Bertz CT molecular complexity index is 562. The zero-order valence-corrected chi connectivity index (χ0v) is 14.4. The normalized spacial score (nSPS) is 15.4. The highest BCUT2D eigenvalue weighted by Gasteiger charge is 2.22. The Morgan fingerprint density at radius 3 is 2.74 bits per heavy atom. The van der Waals surface area contributed by atoms with Gasteiger partial charge in [0.2, 0.25) is 0 Å². The van der Waals surface area contributed by atoms with Crippen molar-refractivity contribution >= 4 is 6.72 Å². The van der Waals surface area contributed by atoms with Crippen molar-refractivity contribution in [2.75, 3.05) is 40.3 Å². The summed E-state index contributed by atoms with van der Waals surface area (Å²) in [5.41, 5.74) is 5.02. The van der Waals surface area contributed by atoms with E-state index in [0.29, 0.717) is 0 Å². The van der Waals surface area contributed by atoms with Crippen molar-refractivity contribution in [3.63, 3.8) is 0 Å². The van der Waals surface area contributed by atoms with Gasteiger partial charge in [-0.05, 0) is 19.3 Å². The third-order valence-electron chi connectivity index (χ3n) is 4.30. The van der Waals surface area contributed by atoms with E-state index < -0.39 is 0 Å². The van der Waals surface area contributed by atoms with Gasteiger partial charge in [-0.1, -0.05) is 36.9 Å². The van der Waals surface area contributed by atoms with E-state index in [0.717, 1.165) is 44.8 Å². The first-order valence-electron chi connectivity index (χ1n) is 8.14. The Labute approximate surface area is 140 Å². The summed E-state index contributed by atoms with van der Waals surface area (Å²) in [7, 11) is 4.10. The van der Waals surface area contributed by atoms with Crippen LogP contribution in [0.2, 0.25) is 0 Å².